The van der Waals surface area contributed by atoms with Crippen LogP contribution in [0.4, 0.5) is 16.2 Å². The molecule has 110 valence electrons. The zero-order valence-electron chi connectivity index (χ0n) is 11.9. The number of carbonyl (C=O) groups is 1. The lowest BCUT2D eigenvalue weighted by molar-refractivity contribution is 0.245. The molecule has 0 spiro atoms. The second kappa shape index (κ2) is 7.14. The number of amides is 2. The van der Waals surface area contributed by atoms with Crippen molar-refractivity contribution in [3.05, 3.63) is 24.3 Å². The lowest BCUT2D eigenvalue weighted by Gasteiger charge is -2.28. The Labute approximate surface area is 120 Å². The molecule has 1 aliphatic rings. The Kier molecular flexibility index (Phi) is 5.24. The number of urea groups is 1. The minimum absolute atomic E-state index is 0.0585. The lowest BCUT2D eigenvalue weighted by Crippen LogP contribution is -2.33. The maximum atomic E-state index is 11.7. The molecular formula is C15H23N3O2. The van der Waals surface area contributed by atoms with Crippen molar-refractivity contribution >= 4 is 17.4 Å². The zero-order valence-corrected chi connectivity index (χ0v) is 11.9. The monoisotopic (exact) mass is 277 g/mol. The number of hydrogen-bond donors (Lipinski definition) is 3. The molecule has 0 bridgehead atoms. The normalized spacial score (nSPS) is 15.1. The van der Waals surface area contributed by atoms with Gasteiger partial charge in [0.2, 0.25) is 0 Å². The number of hydrogen-bond acceptors (Lipinski definition) is 3. The summed E-state index contributed by atoms with van der Waals surface area (Å²) in [5, 5.41) is 14.2. The van der Waals surface area contributed by atoms with E-state index in [4.69, 9.17) is 5.11 Å². The summed E-state index contributed by atoms with van der Waals surface area (Å²) in [5.41, 5.74) is 1.84. The molecule has 3 N–H and O–H groups in total. The van der Waals surface area contributed by atoms with E-state index in [1.165, 1.54) is 25.7 Å². The van der Waals surface area contributed by atoms with Crippen molar-refractivity contribution in [3.63, 3.8) is 0 Å². The second-order valence-corrected chi connectivity index (χ2v) is 5.17. The molecule has 5 heteroatoms. The number of carbonyl (C=O) groups excluding carboxylic acids is 1. The predicted octanol–water partition coefficient (Wildman–Crippen LogP) is 2.18. The summed E-state index contributed by atoms with van der Waals surface area (Å²) in [4.78, 5) is 14.0. The van der Waals surface area contributed by atoms with Crippen molar-refractivity contribution in [2.45, 2.75) is 31.7 Å². The van der Waals surface area contributed by atoms with Crippen molar-refractivity contribution in [3.8, 4) is 0 Å². The van der Waals surface area contributed by atoms with Gasteiger partial charge in [-0.25, -0.2) is 4.79 Å². The first-order valence-corrected chi connectivity index (χ1v) is 7.20. The van der Waals surface area contributed by atoms with Gasteiger partial charge in [0, 0.05) is 19.6 Å². The zero-order chi connectivity index (χ0) is 14.4. The molecule has 1 saturated carbocycles. The minimum atomic E-state index is -0.286. The van der Waals surface area contributed by atoms with Crippen LogP contribution in [0.3, 0.4) is 0 Å². The molecule has 1 aromatic rings. The van der Waals surface area contributed by atoms with E-state index < -0.39 is 0 Å². The Morgan fingerprint density at radius 2 is 2.05 bits per heavy atom. The Hall–Kier alpha value is -1.75. The fourth-order valence-electron chi connectivity index (χ4n) is 2.71. The standard InChI is InChI=1S/C15H23N3O2/c1-18(12-6-2-3-7-12)14-9-5-4-8-13(14)17-15(20)16-10-11-19/h4-5,8-9,12,19H,2-3,6-7,10-11H2,1H3,(H2,16,17,20). The molecule has 1 aliphatic carbocycles. The van der Waals surface area contributed by atoms with E-state index in [1.54, 1.807) is 0 Å². The van der Waals surface area contributed by atoms with Gasteiger partial charge in [-0.05, 0) is 25.0 Å². The van der Waals surface area contributed by atoms with E-state index in [0.29, 0.717) is 6.04 Å². The molecule has 1 fully saturated rings. The minimum Gasteiger partial charge on any atom is -0.395 e. The van der Waals surface area contributed by atoms with Gasteiger partial charge in [-0.1, -0.05) is 25.0 Å². The molecule has 0 aromatic heterocycles. The quantitative estimate of drug-likeness (QED) is 0.773. The van der Waals surface area contributed by atoms with Gasteiger partial charge in [0.25, 0.3) is 0 Å². The Morgan fingerprint density at radius 1 is 1.35 bits per heavy atom. The van der Waals surface area contributed by atoms with Gasteiger partial charge >= 0.3 is 6.03 Å². The van der Waals surface area contributed by atoms with Gasteiger partial charge in [-0.15, -0.1) is 0 Å². The highest BCUT2D eigenvalue weighted by molar-refractivity contribution is 5.93. The van der Waals surface area contributed by atoms with E-state index in [1.807, 2.05) is 24.3 Å². The highest BCUT2D eigenvalue weighted by Gasteiger charge is 2.21. The van der Waals surface area contributed by atoms with Crippen LogP contribution in [0.5, 0.6) is 0 Å². The van der Waals surface area contributed by atoms with Crippen molar-refractivity contribution in [1.29, 1.82) is 0 Å². The van der Waals surface area contributed by atoms with Gasteiger partial charge in [0.1, 0.15) is 0 Å². The molecule has 0 unspecified atom stereocenters. The predicted molar refractivity (Wildman–Crippen MR) is 81.2 cm³/mol. The third-order valence-electron chi connectivity index (χ3n) is 3.80. The number of nitrogens with zero attached hydrogens (tertiary/aromatic N) is 1. The fraction of sp³-hybridized carbons (Fsp3) is 0.533. The van der Waals surface area contributed by atoms with Crippen LogP contribution in [0, 0.1) is 0 Å². The number of para-hydroxylation sites is 2. The average molecular weight is 277 g/mol. The summed E-state index contributed by atoms with van der Waals surface area (Å²) in [6.07, 6.45) is 4.98. The highest BCUT2D eigenvalue weighted by atomic mass is 16.3. The molecule has 1 aromatic carbocycles. The van der Waals surface area contributed by atoms with Crippen LogP contribution in [0.2, 0.25) is 0 Å². The van der Waals surface area contributed by atoms with E-state index in [0.717, 1.165) is 11.4 Å². The first-order chi connectivity index (χ1) is 9.72. The van der Waals surface area contributed by atoms with Crippen molar-refractivity contribution in [2.24, 2.45) is 0 Å². The molecule has 2 amide bonds. The van der Waals surface area contributed by atoms with Gasteiger partial charge in [-0.3, -0.25) is 0 Å². The van der Waals surface area contributed by atoms with Crippen LogP contribution in [0.1, 0.15) is 25.7 Å². The van der Waals surface area contributed by atoms with Gasteiger partial charge in [0.05, 0.1) is 18.0 Å². The maximum absolute atomic E-state index is 11.7. The molecule has 5 nitrogen and oxygen atoms in total. The summed E-state index contributed by atoms with van der Waals surface area (Å²) in [6.45, 7) is 0.198. The van der Waals surface area contributed by atoms with E-state index >= 15 is 0 Å². The van der Waals surface area contributed by atoms with Gasteiger partial charge in [0.15, 0.2) is 0 Å². The average Bonchev–Trinajstić information content (AvgIpc) is 2.99. The summed E-state index contributed by atoms with van der Waals surface area (Å²) < 4.78 is 0. The Balaban J connectivity index is 2.07. The van der Waals surface area contributed by atoms with Crippen molar-refractivity contribution in [1.82, 2.24) is 5.32 Å². The summed E-state index contributed by atoms with van der Waals surface area (Å²) in [5.74, 6) is 0. The van der Waals surface area contributed by atoms with Crippen molar-refractivity contribution < 1.29 is 9.90 Å². The molecule has 20 heavy (non-hydrogen) atoms. The van der Waals surface area contributed by atoms with Crippen LogP contribution in [0.25, 0.3) is 0 Å². The molecular weight excluding hydrogens is 254 g/mol. The smallest absolute Gasteiger partial charge is 0.319 e. The van der Waals surface area contributed by atoms with Gasteiger partial charge in [-0.2, -0.15) is 0 Å². The fourth-order valence-corrected chi connectivity index (χ4v) is 2.71. The summed E-state index contributed by atoms with van der Waals surface area (Å²) >= 11 is 0. The van der Waals surface area contributed by atoms with Gasteiger partial charge < -0.3 is 20.6 Å². The molecule has 0 heterocycles. The van der Waals surface area contributed by atoms with E-state index in [2.05, 4.69) is 22.6 Å². The lowest BCUT2D eigenvalue weighted by atomic mass is 10.1. The van der Waals surface area contributed by atoms with Crippen LogP contribution < -0.4 is 15.5 Å². The SMILES string of the molecule is CN(c1ccccc1NC(=O)NCCO)C1CCCC1. The largest absolute Gasteiger partial charge is 0.395 e. The first kappa shape index (κ1) is 14.7. The summed E-state index contributed by atoms with van der Waals surface area (Å²) in [6, 6.07) is 8.09. The molecule has 2 rings (SSSR count). The topological polar surface area (TPSA) is 64.6 Å². The van der Waals surface area contributed by atoms with Crippen LogP contribution in [-0.2, 0) is 0 Å². The number of aliphatic hydroxyl groups is 1. The first-order valence-electron chi connectivity index (χ1n) is 7.20. The third kappa shape index (κ3) is 3.63. The second-order valence-electron chi connectivity index (χ2n) is 5.17. The molecule has 0 radical (unpaired) electrons. The van der Waals surface area contributed by atoms with Crippen molar-refractivity contribution in [2.75, 3.05) is 30.4 Å². The molecule has 0 aliphatic heterocycles. The number of rotatable bonds is 5. The highest BCUT2D eigenvalue weighted by Crippen LogP contribution is 2.31. The Bertz CT molecular complexity index is 444. The number of aliphatic hydroxyl groups excluding tert-OH is 1. The Morgan fingerprint density at radius 3 is 2.75 bits per heavy atom. The van der Waals surface area contributed by atoms with E-state index in [-0.39, 0.29) is 19.2 Å². The van der Waals surface area contributed by atoms with Crippen LogP contribution in [0.15, 0.2) is 24.3 Å². The van der Waals surface area contributed by atoms with E-state index in [9.17, 15) is 4.79 Å². The van der Waals surface area contributed by atoms with Crippen LogP contribution >= 0.6 is 0 Å². The summed E-state index contributed by atoms with van der Waals surface area (Å²) in [7, 11) is 2.09. The third-order valence-corrected chi connectivity index (χ3v) is 3.80. The molecule has 0 saturated heterocycles. The number of nitrogens with one attached hydrogen (secondary N) is 2. The number of anilines is 2. The van der Waals surface area contributed by atoms with Crippen LogP contribution in [-0.4, -0.2) is 37.4 Å². The maximum Gasteiger partial charge on any atom is 0.319 e. The number of benzene rings is 1. The molecule has 0 atom stereocenters.